The van der Waals surface area contributed by atoms with E-state index in [1.165, 1.54) is 57.8 Å². The van der Waals surface area contributed by atoms with Crippen LogP contribution in [0.2, 0.25) is 0 Å². The Labute approximate surface area is 392 Å². The predicted molar refractivity (Wildman–Crippen MR) is 274 cm³/mol. The van der Waals surface area contributed by atoms with Crippen molar-refractivity contribution in [3.8, 4) is 0 Å². The Morgan fingerprint density at radius 1 is 0.344 bits per heavy atom. The Hall–Kier alpha value is -4.45. The lowest BCUT2D eigenvalue weighted by Gasteiger charge is -2.18. The third-order valence-electron chi connectivity index (χ3n) is 10.00. The molecule has 358 valence electrons. The van der Waals surface area contributed by atoms with Gasteiger partial charge in [0.25, 0.3) is 0 Å². The molecule has 0 aromatic heterocycles. The molecule has 0 radical (unpaired) electrons. The highest BCUT2D eigenvalue weighted by Crippen LogP contribution is 2.12. The zero-order chi connectivity index (χ0) is 46.5. The minimum absolute atomic E-state index is 0.138. The summed E-state index contributed by atoms with van der Waals surface area (Å²) in [5.41, 5.74) is 0. The van der Waals surface area contributed by atoms with Crippen LogP contribution in [0.25, 0.3) is 0 Å². The van der Waals surface area contributed by atoms with Crippen LogP contribution in [0.3, 0.4) is 0 Å². The highest BCUT2D eigenvalue weighted by atomic mass is 16.6. The molecule has 0 amide bonds. The third-order valence-corrected chi connectivity index (χ3v) is 10.00. The molecule has 0 rings (SSSR count). The summed E-state index contributed by atoms with van der Waals surface area (Å²) in [6, 6.07) is 0. The molecule has 0 aliphatic carbocycles. The minimum atomic E-state index is -0.838. The lowest BCUT2D eigenvalue weighted by atomic mass is 10.1. The SMILES string of the molecule is CC/C=C/C=C/C=C/C=C/C=C/CCCC(=O)OCC(COC(=O)CCC/C=C/C/C=C/C/C=C/C/C=C/C/C=C/CC)OC(=O)CCCCCCC/C=C/CCCCCCCCC. The lowest BCUT2D eigenvalue weighted by Crippen LogP contribution is -2.30. The van der Waals surface area contributed by atoms with Crippen molar-refractivity contribution in [1.82, 2.24) is 0 Å². The van der Waals surface area contributed by atoms with Crippen molar-refractivity contribution in [2.45, 2.75) is 200 Å². The summed E-state index contributed by atoms with van der Waals surface area (Å²) in [7, 11) is 0. The van der Waals surface area contributed by atoms with E-state index in [1.807, 2.05) is 54.7 Å². The highest BCUT2D eigenvalue weighted by molar-refractivity contribution is 5.71. The van der Waals surface area contributed by atoms with E-state index in [0.717, 1.165) is 83.5 Å². The van der Waals surface area contributed by atoms with Crippen molar-refractivity contribution in [1.29, 1.82) is 0 Å². The first kappa shape index (κ1) is 59.6. The number of carbonyl (C=O) groups excluding carboxylic acids is 3. The van der Waals surface area contributed by atoms with Gasteiger partial charge < -0.3 is 14.2 Å². The van der Waals surface area contributed by atoms with E-state index >= 15 is 0 Å². The van der Waals surface area contributed by atoms with Crippen LogP contribution in [-0.4, -0.2) is 37.2 Å². The van der Waals surface area contributed by atoms with Gasteiger partial charge in [0.15, 0.2) is 6.10 Å². The number of unbranched alkanes of at least 4 members (excludes halogenated alkanes) is 14. The van der Waals surface area contributed by atoms with Crippen LogP contribution in [0.5, 0.6) is 0 Å². The van der Waals surface area contributed by atoms with Crippen LogP contribution in [-0.2, 0) is 28.6 Å². The summed E-state index contributed by atoms with van der Waals surface area (Å²) in [5.74, 6) is -1.08. The van der Waals surface area contributed by atoms with Crippen molar-refractivity contribution in [3.05, 3.63) is 134 Å². The molecule has 6 nitrogen and oxygen atoms in total. The van der Waals surface area contributed by atoms with Crippen LogP contribution >= 0.6 is 0 Å². The summed E-state index contributed by atoms with van der Waals surface area (Å²) in [4.78, 5) is 37.9. The molecule has 0 aliphatic rings. The van der Waals surface area contributed by atoms with Crippen LogP contribution in [0.1, 0.15) is 194 Å². The Kier molecular flexibility index (Phi) is 47.6. The average molecular weight is 883 g/mol. The molecule has 0 aliphatic heterocycles. The van der Waals surface area contributed by atoms with E-state index in [1.54, 1.807) is 0 Å². The van der Waals surface area contributed by atoms with Crippen molar-refractivity contribution < 1.29 is 28.6 Å². The lowest BCUT2D eigenvalue weighted by molar-refractivity contribution is -0.167. The number of rotatable bonds is 43. The number of carbonyl (C=O) groups is 3. The minimum Gasteiger partial charge on any atom is -0.462 e. The zero-order valence-electron chi connectivity index (χ0n) is 40.7. The molecule has 0 N–H and O–H groups in total. The number of allylic oxidation sites excluding steroid dienone is 22. The Morgan fingerprint density at radius 2 is 0.703 bits per heavy atom. The van der Waals surface area contributed by atoms with Gasteiger partial charge in [0.05, 0.1) is 0 Å². The van der Waals surface area contributed by atoms with Gasteiger partial charge in [-0.05, 0) is 96.3 Å². The first-order valence-corrected chi connectivity index (χ1v) is 25.3. The molecular weight excluding hydrogens is 793 g/mol. The normalized spacial score (nSPS) is 13.2. The fourth-order valence-electron chi connectivity index (χ4n) is 6.27. The third kappa shape index (κ3) is 48.6. The van der Waals surface area contributed by atoms with Gasteiger partial charge >= 0.3 is 17.9 Å². The molecule has 1 atom stereocenters. The Balaban J connectivity index is 4.61. The van der Waals surface area contributed by atoms with E-state index in [0.29, 0.717) is 12.8 Å². The quantitative estimate of drug-likeness (QED) is 0.0200. The van der Waals surface area contributed by atoms with Crippen molar-refractivity contribution >= 4 is 17.9 Å². The molecular formula is C58H90O6. The smallest absolute Gasteiger partial charge is 0.306 e. The van der Waals surface area contributed by atoms with E-state index in [2.05, 4.69) is 99.8 Å². The largest absolute Gasteiger partial charge is 0.462 e. The molecule has 0 saturated carbocycles. The maximum atomic E-state index is 12.8. The van der Waals surface area contributed by atoms with Gasteiger partial charge in [0.2, 0.25) is 0 Å². The molecule has 0 heterocycles. The molecule has 0 spiro atoms. The second kappa shape index (κ2) is 51.2. The predicted octanol–water partition coefficient (Wildman–Crippen LogP) is 16.7. The van der Waals surface area contributed by atoms with Crippen LogP contribution < -0.4 is 0 Å². The van der Waals surface area contributed by atoms with Gasteiger partial charge in [-0.3, -0.25) is 14.4 Å². The van der Waals surface area contributed by atoms with Crippen LogP contribution in [0.15, 0.2) is 134 Å². The molecule has 0 aromatic rings. The first-order chi connectivity index (χ1) is 31.5. The van der Waals surface area contributed by atoms with E-state index < -0.39 is 6.10 Å². The Morgan fingerprint density at radius 3 is 1.20 bits per heavy atom. The number of esters is 3. The van der Waals surface area contributed by atoms with Crippen LogP contribution in [0, 0.1) is 0 Å². The monoisotopic (exact) mass is 883 g/mol. The average Bonchev–Trinajstić information content (AvgIpc) is 3.29. The molecule has 0 bridgehead atoms. The van der Waals surface area contributed by atoms with Crippen molar-refractivity contribution in [2.75, 3.05) is 13.2 Å². The van der Waals surface area contributed by atoms with Crippen molar-refractivity contribution in [3.63, 3.8) is 0 Å². The molecule has 0 aromatic carbocycles. The number of hydrogen-bond acceptors (Lipinski definition) is 6. The van der Waals surface area contributed by atoms with Gasteiger partial charge in [-0.1, -0.05) is 212 Å². The number of ether oxygens (including phenoxy) is 3. The number of hydrogen-bond donors (Lipinski definition) is 0. The van der Waals surface area contributed by atoms with Gasteiger partial charge in [-0.15, -0.1) is 0 Å². The van der Waals surface area contributed by atoms with Crippen LogP contribution in [0.4, 0.5) is 0 Å². The van der Waals surface area contributed by atoms with E-state index in [4.69, 9.17) is 14.2 Å². The summed E-state index contributed by atoms with van der Waals surface area (Å²) in [6.45, 7) is 6.23. The fraction of sp³-hybridized carbons (Fsp3) is 0.569. The van der Waals surface area contributed by atoms with Gasteiger partial charge in [0, 0.05) is 19.3 Å². The van der Waals surface area contributed by atoms with Gasteiger partial charge in [-0.2, -0.15) is 0 Å². The topological polar surface area (TPSA) is 78.9 Å². The molecule has 0 fully saturated rings. The summed E-state index contributed by atoms with van der Waals surface area (Å²) >= 11 is 0. The molecule has 64 heavy (non-hydrogen) atoms. The Bertz CT molecular complexity index is 1430. The van der Waals surface area contributed by atoms with E-state index in [9.17, 15) is 14.4 Å². The zero-order valence-corrected chi connectivity index (χ0v) is 40.7. The highest BCUT2D eigenvalue weighted by Gasteiger charge is 2.19. The van der Waals surface area contributed by atoms with Crippen molar-refractivity contribution in [2.24, 2.45) is 0 Å². The molecule has 1 unspecified atom stereocenters. The summed E-state index contributed by atoms with van der Waals surface area (Å²) in [5, 5.41) is 0. The maximum Gasteiger partial charge on any atom is 0.306 e. The second-order valence-corrected chi connectivity index (χ2v) is 16.1. The first-order valence-electron chi connectivity index (χ1n) is 25.3. The standard InChI is InChI=1S/C58H90O6/c1-4-7-10-13-16-19-22-25-27-29-31-33-36-39-42-45-48-51-57(60)63-54-55(53-62-56(59)50-47-44-41-38-35-32-24-21-18-15-12-9-6-3)64-58(61)52-49-46-43-40-37-34-30-28-26-23-20-17-14-11-8-5-2/h7,9-10,12,15-16,18-19,21,24-25,27-28,30-33,35,38-39,41-42,55H,4-6,8,11,13-14,17,20,22-23,26,29,34,36-37,40,43-54H2,1-3H3/b10-7+,12-9+,18-15+,19-16+,24-21+,27-25+,30-28+,33-31+,35-32+,41-38+,42-39+. The molecule has 6 heteroatoms. The van der Waals surface area contributed by atoms with E-state index in [-0.39, 0.29) is 50.4 Å². The van der Waals surface area contributed by atoms with Gasteiger partial charge in [0.1, 0.15) is 13.2 Å². The summed E-state index contributed by atoms with van der Waals surface area (Å²) < 4.78 is 16.7. The second-order valence-electron chi connectivity index (χ2n) is 16.1. The molecule has 0 saturated heterocycles. The van der Waals surface area contributed by atoms with Gasteiger partial charge in [-0.25, -0.2) is 0 Å². The fourth-order valence-corrected chi connectivity index (χ4v) is 6.27. The summed E-state index contributed by atoms with van der Waals surface area (Å²) in [6.07, 6.45) is 71.6. The maximum absolute atomic E-state index is 12.8.